The number of halogens is 1. The van der Waals surface area contributed by atoms with Crippen LogP contribution in [0.1, 0.15) is 26.4 Å². The molecule has 7 heteroatoms. The number of ketones is 1. The molecule has 0 fully saturated rings. The van der Waals surface area contributed by atoms with Crippen LogP contribution in [0.15, 0.2) is 58.1 Å². The fourth-order valence-electron chi connectivity index (χ4n) is 3.22. The van der Waals surface area contributed by atoms with E-state index in [-0.39, 0.29) is 23.9 Å². The number of aryl methyl sites for hydroxylation is 1. The number of methoxy groups -OCH3 is 1. The van der Waals surface area contributed by atoms with Gasteiger partial charge in [0.2, 0.25) is 5.78 Å². The lowest BCUT2D eigenvalue weighted by molar-refractivity contribution is -0.133. The maximum absolute atomic E-state index is 12.9. The molecule has 0 atom stereocenters. The summed E-state index contributed by atoms with van der Waals surface area (Å²) in [6, 6.07) is 12.5. The number of esters is 1. The fourth-order valence-corrected chi connectivity index (χ4v) is 4.29. The van der Waals surface area contributed by atoms with Crippen LogP contribution in [0.3, 0.4) is 0 Å². The van der Waals surface area contributed by atoms with E-state index in [1.165, 1.54) is 11.3 Å². The first kappa shape index (κ1) is 20.4. The lowest BCUT2D eigenvalue weighted by Crippen LogP contribution is -2.10. The van der Waals surface area contributed by atoms with Crippen molar-refractivity contribution in [2.75, 3.05) is 7.11 Å². The van der Waals surface area contributed by atoms with E-state index in [0.29, 0.717) is 33.9 Å². The molecule has 1 aromatic heterocycles. The largest absolute Gasteiger partial charge is 0.496 e. The van der Waals surface area contributed by atoms with Crippen LogP contribution in [0.4, 0.5) is 0 Å². The number of hydrogen-bond acceptors (Lipinski definition) is 6. The molecule has 0 N–H and O–H groups in total. The summed E-state index contributed by atoms with van der Waals surface area (Å²) in [6.07, 6.45) is 1.84. The van der Waals surface area contributed by atoms with Crippen LogP contribution < -0.4 is 14.2 Å². The average Bonchev–Trinajstić information content (AvgIpc) is 3.30. The molecule has 0 saturated carbocycles. The Morgan fingerprint density at radius 2 is 2.07 bits per heavy atom. The van der Waals surface area contributed by atoms with Crippen LogP contribution in [-0.4, -0.2) is 18.9 Å². The van der Waals surface area contributed by atoms with Crippen LogP contribution in [0.2, 0.25) is 0 Å². The van der Waals surface area contributed by atoms with Crippen molar-refractivity contribution in [3.8, 4) is 17.2 Å². The Labute approximate surface area is 186 Å². The predicted molar refractivity (Wildman–Crippen MR) is 118 cm³/mol. The summed E-state index contributed by atoms with van der Waals surface area (Å²) in [5.41, 5.74) is 1.86. The van der Waals surface area contributed by atoms with Crippen molar-refractivity contribution in [3.63, 3.8) is 0 Å². The molecule has 0 radical (unpaired) electrons. The number of allylic oxidation sites excluding steroid dienone is 1. The van der Waals surface area contributed by atoms with Crippen LogP contribution >= 0.6 is 27.3 Å². The van der Waals surface area contributed by atoms with Gasteiger partial charge in [-0.2, -0.15) is 0 Å². The number of carbonyl (C=O) groups is 2. The van der Waals surface area contributed by atoms with E-state index in [4.69, 9.17) is 14.2 Å². The Hall–Kier alpha value is -2.90. The van der Waals surface area contributed by atoms with Crippen molar-refractivity contribution in [3.05, 3.63) is 79.6 Å². The van der Waals surface area contributed by atoms with Gasteiger partial charge in [-0.25, -0.2) is 0 Å². The van der Waals surface area contributed by atoms with Gasteiger partial charge in [0.1, 0.15) is 17.2 Å². The van der Waals surface area contributed by atoms with Gasteiger partial charge in [-0.05, 0) is 54.3 Å². The minimum atomic E-state index is -0.365. The van der Waals surface area contributed by atoms with Crippen LogP contribution in [0, 0.1) is 6.92 Å². The molecule has 3 aromatic rings. The first-order valence-corrected chi connectivity index (χ1v) is 10.8. The Morgan fingerprint density at radius 3 is 2.80 bits per heavy atom. The third-order valence-electron chi connectivity index (χ3n) is 4.55. The lowest BCUT2D eigenvalue weighted by Gasteiger charge is -2.07. The molecule has 5 nitrogen and oxygen atoms in total. The second-order valence-electron chi connectivity index (χ2n) is 6.67. The molecule has 2 aromatic carbocycles. The van der Waals surface area contributed by atoms with Gasteiger partial charge in [0, 0.05) is 21.0 Å². The van der Waals surface area contributed by atoms with Crippen molar-refractivity contribution in [2.45, 2.75) is 13.3 Å². The lowest BCUT2D eigenvalue weighted by atomic mass is 10.0. The summed E-state index contributed by atoms with van der Waals surface area (Å²) in [7, 11) is 1.57. The maximum Gasteiger partial charge on any atom is 0.316 e. The normalized spacial score (nSPS) is 13.8. The van der Waals surface area contributed by atoms with Crippen LogP contribution in [0.25, 0.3) is 6.08 Å². The molecule has 4 rings (SSSR count). The number of thiophene rings is 1. The molecule has 0 saturated heterocycles. The highest BCUT2D eigenvalue weighted by atomic mass is 79.9. The zero-order valence-corrected chi connectivity index (χ0v) is 18.6. The van der Waals surface area contributed by atoms with Crippen LogP contribution in [-0.2, 0) is 11.2 Å². The molecule has 0 amide bonds. The van der Waals surface area contributed by atoms with Gasteiger partial charge in [0.25, 0.3) is 0 Å². The zero-order chi connectivity index (χ0) is 21.3. The molecule has 152 valence electrons. The van der Waals surface area contributed by atoms with E-state index < -0.39 is 0 Å². The first-order valence-electron chi connectivity index (χ1n) is 9.10. The van der Waals surface area contributed by atoms with E-state index in [0.717, 1.165) is 9.35 Å². The van der Waals surface area contributed by atoms with Gasteiger partial charge in [0.15, 0.2) is 5.76 Å². The molecule has 0 aliphatic carbocycles. The van der Waals surface area contributed by atoms with E-state index in [9.17, 15) is 9.59 Å². The summed E-state index contributed by atoms with van der Waals surface area (Å²) in [5.74, 6) is 0.947. The molecule has 2 heterocycles. The molecule has 0 bridgehead atoms. The molecule has 0 unspecified atom stereocenters. The topological polar surface area (TPSA) is 61.8 Å². The van der Waals surface area contributed by atoms with Gasteiger partial charge in [-0.3, -0.25) is 9.59 Å². The number of hydrogen-bond donors (Lipinski definition) is 0. The number of ether oxygens (including phenoxy) is 3. The third-order valence-corrected chi connectivity index (χ3v) is 5.92. The quantitative estimate of drug-likeness (QED) is 0.268. The molecular formula is C23H17BrO5S. The van der Waals surface area contributed by atoms with E-state index in [1.54, 1.807) is 38.3 Å². The highest BCUT2D eigenvalue weighted by molar-refractivity contribution is 9.10. The van der Waals surface area contributed by atoms with E-state index >= 15 is 0 Å². The van der Waals surface area contributed by atoms with Crippen molar-refractivity contribution >= 4 is 45.1 Å². The van der Waals surface area contributed by atoms with Crippen LogP contribution in [0.5, 0.6) is 17.2 Å². The number of benzene rings is 2. The molecular weight excluding hydrogens is 468 g/mol. The standard InChI is InChI=1S/C23H17BrO5S/c1-13-8-16(28-21(25)12-17-4-3-7-30-17)11-19-22(13)23(26)20(29-19)10-14-9-15(24)5-6-18(14)27-2/h3-11H,12H2,1-2H3/b20-10-. The maximum atomic E-state index is 12.9. The van der Waals surface area contributed by atoms with Crippen molar-refractivity contribution in [1.82, 2.24) is 0 Å². The minimum absolute atomic E-state index is 0.187. The first-order chi connectivity index (χ1) is 14.4. The zero-order valence-electron chi connectivity index (χ0n) is 16.2. The summed E-state index contributed by atoms with van der Waals surface area (Å²) < 4.78 is 17.5. The number of Topliss-reactive ketones (excluding diaryl/α,β-unsaturated/α-hetero) is 1. The van der Waals surface area contributed by atoms with E-state index in [2.05, 4.69) is 15.9 Å². The summed E-state index contributed by atoms with van der Waals surface area (Å²) >= 11 is 4.92. The van der Waals surface area contributed by atoms with Gasteiger partial charge in [-0.1, -0.05) is 22.0 Å². The molecule has 1 aliphatic rings. The minimum Gasteiger partial charge on any atom is -0.496 e. The SMILES string of the molecule is COc1ccc(Br)cc1/C=C1\Oc2cc(OC(=O)Cc3cccs3)cc(C)c2C1=O. The average molecular weight is 485 g/mol. The summed E-state index contributed by atoms with van der Waals surface area (Å²) in [4.78, 5) is 26.0. The number of carbonyl (C=O) groups excluding carboxylic acids is 2. The van der Waals surface area contributed by atoms with E-state index in [1.807, 2.05) is 29.6 Å². The summed E-state index contributed by atoms with van der Waals surface area (Å²) in [5, 5.41) is 1.91. The highest BCUT2D eigenvalue weighted by Crippen LogP contribution is 2.38. The smallest absolute Gasteiger partial charge is 0.316 e. The molecule has 1 aliphatic heterocycles. The second kappa shape index (κ2) is 8.45. The monoisotopic (exact) mass is 484 g/mol. The number of fused-ring (bicyclic) bond motifs is 1. The van der Waals surface area contributed by atoms with Gasteiger partial charge in [0.05, 0.1) is 19.1 Å². The Balaban J connectivity index is 1.59. The van der Waals surface area contributed by atoms with Crippen molar-refractivity contribution in [2.24, 2.45) is 0 Å². The molecule has 30 heavy (non-hydrogen) atoms. The second-order valence-corrected chi connectivity index (χ2v) is 8.62. The van der Waals surface area contributed by atoms with Gasteiger partial charge < -0.3 is 14.2 Å². The predicted octanol–water partition coefficient (Wildman–Crippen LogP) is 5.59. The van der Waals surface area contributed by atoms with Crippen molar-refractivity contribution < 1.29 is 23.8 Å². The third kappa shape index (κ3) is 4.17. The van der Waals surface area contributed by atoms with Crippen molar-refractivity contribution in [1.29, 1.82) is 0 Å². The summed E-state index contributed by atoms with van der Waals surface area (Å²) in [6.45, 7) is 1.79. The van der Waals surface area contributed by atoms with Gasteiger partial charge in [-0.15, -0.1) is 11.3 Å². The fraction of sp³-hybridized carbons (Fsp3) is 0.130. The Morgan fingerprint density at radius 1 is 1.23 bits per heavy atom. The highest BCUT2D eigenvalue weighted by Gasteiger charge is 2.30. The Bertz CT molecular complexity index is 1160. The van der Waals surface area contributed by atoms with Gasteiger partial charge >= 0.3 is 5.97 Å². The number of rotatable bonds is 5. The Kier molecular flexibility index (Phi) is 5.74. The molecule has 0 spiro atoms.